The lowest BCUT2D eigenvalue weighted by Gasteiger charge is -2.14. The number of alkyl halides is 2. The first-order valence-corrected chi connectivity index (χ1v) is 6.41. The molecule has 0 unspecified atom stereocenters. The first-order chi connectivity index (χ1) is 9.40. The van der Waals surface area contributed by atoms with Crippen LogP contribution in [0.5, 0.6) is 5.75 Å². The van der Waals surface area contributed by atoms with Crippen molar-refractivity contribution in [1.29, 1.82) is 0 Å². The van der Waals surface area contributed by atoms with E-state index >= 15 is 0 Å². The van der Waals surface area contributed by atoms with E-state index in [1.807, 2.05) is 0 Å². The molecule has 106 valence electrons. The predicted molar refractivity (Wildman–Crippen MR) is 73.5 cm³/mol. The monoisotopic (exact) mass is 340 g/mol. The summed E-state index contributed by atoms with van der Waals surface area (Å²) >= 11 is 17.9. The summed E-state index contributed by atoms with van der Waals surface area (Å²) in [5, 5.41) is 0.452. The van der Waals surface area contributed by atoms with E-state index in [1.54, 1.807) is 0 Å². The molecule has 0 heterocycles. The standard InChI is InChI=1S/C13H6Cl3F3O/c14-8-3-4-9(15)12(16)11(8)7-2-1-6(17)5-10(7)20-13(18)19/h1-5,13H. The fraction of sp³-hybridized carbons (Fsp3) is 0.0769. The fourth-order valence-electron chi connectivity index (χ4n) is 1.67. The van der Waals surface area contributed by atoms with Gasteiger partial charge in [0.05, 0.1) is 15.1 Å². The third kappa shape index (κ3) is 3.14. The minimum atomic E-state index is -3.10. The maximum Gasteiger partial charge on any atom is 0.387 e. The van der Waals surface area contributed by atoms with Gasteiger partial charge in [-0.05, 0) is 24.3 Å². The molecular weight excluding hydrogens is 335 g/mol. The van der Waals surface area contributed by atoms with Crippen LogP contribution in [-0.2, 0) is 0 Å². The molecular formula is C13H6Cl3F3O. The van der Waals surface area contributed by atoms with Crippen LogP contribution < -0.4 is 4.74 Å². The Morgan fingerprint density at radius 1 is 0.950 bits per heavy atom. The van der Waals surface area contributed by atoms with E-state index in [0.29, 0.717) is 0 Å². The molecule has 2 aromatic rings. The Labute approximate surface area is 127 Å². The molecule has 0 radical (unpaired) electrons. The molecule has 0 aliphatic rings. The van der Waals surface area contributed by atoms with Crippen molar-refractivity contribution in [3.63, 3.8) is 0 Å². The number of hydrogen-bond acceptors (Lipinski definition) is 1. The van der Waals surface area contributed by atoms with Crippen molar-refractivity contribution in [2.24, 2.45) is 0 Å². The maximum absolute atomic E-state index is 13.2. The second kappa shape index (κ2) is 6.12. The number of halogens is 6. The Kier molecular flexibility index (Phi) is 4.68. The second-order valence-corrected chi connectivity index (χ2v) is 4.93. The molecule has 2 rings (SSSR count). The van der Waals surface area contributed by atoms with E-state index in [2.05, 4.69) is 4.74 Å². The molecule has 0 aromatic heterocycles. The molecule has 0 amide bonds. The Morgan fingerprint density at radius 2 is 1.60 bits per heavy atom. The van der Waals surface area contributed by atoms with Crippen LogP contribution in [0.15, 0.2) is 30.3 Å². The Hall–Kier alpha value is -1.10. The molecule has 0 atom stereocenters. The van der Waals surface area contributed by atoms with E-state index in [4.69, 9.17) is 34.8 Å². The van der Waals surface area contributed by atoms with Crippen molar-refractivity contribution in [2.75, 3.05) is 0 Å². The molecule has 0 bridgehead atoms. The van der Waals surface area contributed by atoms with Gasteiger partial charge in [-0.15, -0.1) is 0 Å². The summed E-state index contributed by atoms with van der Waals surface area (Å²) in [5.74, 6) is -1.09. The fourth-order valence-corrected chi connectivity index (χ4v) is 2.40. The van der Waals surface area contributed by atoms with Gasteiger partial charge >= 0.3 is 6.61 Å². The van der Waals surface area contributed by atoms with Crippen molar-refractivity contribution in [3.05, 3.63) is 51.2 Å². The summed E-state index contributed by atoms with van der Waals surface area (Å²) in [6, 6.07) is 6.08. The highest BCUT2D eigenvalue weighted by Crippen LogP contribution is 2.43. The Morgan fingerprint density at radius 3 is 2.25 bits per heavy atom. The molecule has 2 aromatic carbocycles. The highest BCUT2D eigenvalue weighted by Gasteiger charge is 2.18. The Bertz CT molecular complexity index is 647. The summed E-state index contributed by atoms with van der Waals surface area (Å²) in [6.45, 7) is -3.10. The normalized spacial score (nSPS) is 10.9. The topological polar surface area (TPSA) is 9.23 Å². The molecule has 1 nitrogen and oxygen atoms in total. The van der Waals surface area contributed by atoms with Crippen molar-refractivity contribution in [3.8, 4) is 16.9 Å². The average molecular weight is 342 g/mol. The van der Waals surface area contributed by atoms with Gasteiger partial charge in [-0.2, -0.15) is 8.78 Å². The van der Waals surface area contributed by atoms with Crippen LogP contribution >= 0.6 is 34.8 Å². The lowest BCUT2D eigenvalue weighted by atomic mass is 10.0. The van der Waals surface area contributed by atoms with Crippen molar-refractivity contribution in [1.82, 2.24) is 0 Å². The van der Waals surface area contributed by atoms with Gasteiger partial charge in [0.15, 0.2) is 0 Å². The minimum Gasteiger partial charge on any atom is -0.434 e. The largest absolute Gasteiger partial charge is 0.434 e. The van der Waals surface area contributed by atoms with E-state index in [-0.39, 0.29) is 31.9 Å². The van der Waals surface area contributed by atoms with E-state index < -0.39 is 12.4 Å². The minimum absolute atomic E-state index is 0.0740. The van der Waals surface area contributed by atoms with Gasteiger partial charge in [0, 0.05) is 17.2 Å². The van der Waals surface area contributed by atoms with Crippen LogP contribution in [0.1, 0.15) is 0 Å². The lowest BCUT2D eigenvalue weighted by molar-refractivity contribution is -0.0495. The van der Waals surface area contributed by atoms with Gasteiger partial charge in [-0.1, -0.05) is 34.8 Å². The third-order valence-corrected chi connectivity index (χ3v) is 3.59. The molecule has 0 saturated heterocycles. The highest BCUT2D eigenvalue weighted by molar-refractivity contribution is 6.46. The van der Waals surface area contributed by atoms with Crippen LogP contribution in [0.4, 0.5) is 13.2 Å². The van der Waals surface area contributed by atoms with Gasteiger partial charge in [-0.25, -0.2) is 4.39 Å². The SMILES string of the molecule is Fc1ccc(-c2c(Cl)ccc(Cl)c2Cl)c(OC(F)F)c1. The summed E-state index contributed by atoms with van der Waals surface area (Å²) in [7, 11) is 0. The molecule has 7 heteroatoms. The zero-order valence-corrected chi connectivity index (χ0v) is 11.9. The first kappa shape index (κ1) is 15.3. The summed E-state index contributed by atoms with van der Waals surface area (Å²) in [5.41, 5.74) is 0.334. The van der Waals surface area contributed by atoms with E-state index in [9.17, 15) is 13.2 Å². The van der Waals surface area contributed by atoms with Gasteiger partial charge in [0.2, 0.25) is 0 Å². The van der Waals surface area contributed by atoms with Crippen LogP contribution in [0, 0.1) is 5.82 Å². The summed E-state index contributed by atoms with van der Waals surface area (Å²) in [6.07, 6.45) is 0. The molecule has 0 aliphatic heterocycles. The first-order valence-electron chi connectivity index (χ1n) is 5.28. The lowest BCUT2D eigenvalue weighted by Crippen LogP contribution is -2.04. The zero-order chi connectivity index (χ0) is 14.9. The van der Waals surface area contributed by atoms with Crippen molar-refractivity contribution < 1.29 is 17.9 Å². The predicted octanol–water partition coefficient (Wildman–Crippen LogP) is 6.05. The van der Waals surface area contributed by atoms with Gasteiger partial charge < -0.3 is 4.74 Å². The van der Waals surface area contributed by atoms with Gasteiger partial charge in [0.1, 0.15) is 11.6 Å². The van der Waals surface area contributed by atoms with Crippen LogP contribution in [0.2, 0.25) is 15.1 Å². The second-order valence-electron chi connectivity index (χ2n) is 3.74. The third-order valence-electron chi connectivity index (χ3n) is 2.47. The smallest absolute Gasteiger partial charge is 0.387 e. The van der Waals surface area contributed by atoms with Gasteiger partial charge in [0.25, 0.3) is 0 Å². The number of ether oxygens (including phenoxy) is 1. The quantitative estimate of drug-likeness (QED) is 0.617. The van der Waals surface area contributed by atoms with Crippen molar-refractivity contribution >= 4 is 34.8 Å². The molecule has 0 aliphatic carbocycles. The molecule has 20 heavy (non-hydrogen) atoms. The number of benzene rings is 2. The van der Waals surface area contributed by atoms with Crippen molar-refractivity contribution in [2.45, 2.75) is 6.61 Å². The van der Waals surface area contributed by atoms with E-state index in [1.165, 1.54) is 18.2 Å². The zero-order valence-electron chi connectivity index (χ0n) is 9.64. The van der Waals surface area contributed by atoms with Crippen LogP contribution in [0.25, 0.3) is 11.1 Å². The van der Waals surface area contributed by atoms with Crippen LogP contribution in [-0.4, -0.2) is 6.61 Å². The molecule has 0 spiro atoms. The van der Waals surface area contributed by atoms with E-state index in [0.717, 1.165) is 12.1 Å². The van der Waals surface area contributed by atoms with Crippen LogP contribution in [0.3, 0.4) is 0 Å². The molecule has 0 fully saturated rings. The summed E-state index contributed by atoms with van der Waals surface area (Å²) < 4.78 is 42.3. The highest BCUT2D eigenvalue weighted by atomic mass is 35.5. The molecule has 0 saturated carbocycles. The summed E-state index contributed by atoms with van der Waals surface area (Å²) in [4.78, 5) is 0. The average Bonchev–Trinajstić information content (AvgIpc) is 2.36. The Balaban J connectivity index is 2.66. The molecule has 0 N–H and O–H groups in total. The van der Waals surface area contributed by atoms with Gasteiger partial charge in [-0.3, -0.25) is 0 Å². The number of hydrogen-bond donors (Lipinski definition) is 0. The number of rotatable bonds is 3. The maximum atomic E-state index is 13.2.